The van der Waals surface area contributed by atoms with Crippen molar-refractivity contribution in [2.75, 3.05) is 25.5 Å². The molecule has 4 heterocycles. The molecule has 1 amide bonds. The zero-order valence-corrected chi connectivity index (χ0v) is 40.2. The maximum absolute atomic E-state index is 14.6. The average Bonchev–Trinajstić information content (AvgIpc) is 3.56. The minimum absolute atomic E-state index is 0.0502. The molecule has 16 nitrogen and oxygen atoms in total. The van der Waals surface area contributed by atoms with Gasteiger partial charge in [-0.3, -0.25) is 24.3 Å². The smallest absolute Gasteiger partial charge is 0.312 e. The Morgan fingerprint density at radius 2 is 1.60 bits per heavy atom. The topological polar surface area (TPSA) is 220 Å². The van der Waals surface area contributed by atoms with Gasteiger partial charge < -0.3 is 49.8 Å². The van der Waals surface area contributed by atoms with E-state index in [0.717, 1.165) is 6.54 Å². The van der Waals surface area contributed by atoms with Gasteiger partial charge in [-0.15, -0.1) is 0 Å². The van der Waals surface area contributed by atoms with Crippen LogP contribution in [0.4, 0.5) is 5.69 Å². The molecule has 0 radical (unpaired) electrons. The normalized spacial score (nSPS) is 31.8. The molecular weight excluding hydrogens is 861 g/mol. The molecule has 0 aliphatic carbocycles. The molecule has 7 rings (SSSR count). The minimum Gasteiger partial charge on any atom is -0.507 e. The van der Waals surface area contributed by atoms with Crippen LogP contribution in [0.5, 0.6) is 23.0 Å². The third-order valence-corrected chi connectivity index (χ3v) is 13.7. The van der Waals surface area contributed by atoms with Crippen molar-refractivity contribution in [1.82, 2.24) is 9.91 Å². The molecule has 5 bridgehead atoms. The summed E-state index contributed by atoms with van der Waals surface area (Å²) >= 11 is 0. The number of hydrogen-bond acceptors (Lipinski definition) is 15. The number of benzene rings is 3. The Bertz CT molecular complexity index is 2470. The SMILES string of the molecule is CO[C@H]1/C=C/O[C@@]2(C)Oc3c(C)c(O)c4c(O)c(c(/C=N/N5CC(C)N(Cc6ccccc6)CC5C)c(O)c4c3C2=O)NC(=O)/C(C)=C\C=C\[C@H](C)[C@H](O)[C@@H](C)[C@@H](O)[C@@H](C)[C@H](OC(C)=O)[C@@H]1C. The summed E-state index contributed by atoms with van der Waals surface area (Å²) in [7, 11) is 1.44. The number of amides is 1. The van der Waals surface area contributed by atoms with Crippen LogP contribution in [0, 0.1) is 30.6 Å². The first-order valence-corrected chi connectivity index (χ1v) is 22.8. The minimum atomic E-state index is -2.07. The molecule has 3 aromatic carbocycles. The molecule has 6 N–H and O–H groups in total. The molecule has 3 aromatic rings. The van der Waals surface area contributed by atoms with Crippen molar-refractivity contribution in [2.45, 2.75) is 118 Å². The fourth-order valence-corrected chi connectivity index (χ4v) is 9.38. The van der Waals surface area contributed by atoms with Crippen LogP contribution in [0.15, 0.2) is 71.6 Å². The van der Waals surface area contributed by atoms with Crippen LogP contribution >= 0.6 is 0 Å². The number of phenols is 3. The van der Waals surface area contributed by atoms with Gasteiger partial charge >= 0.3 is 11.8 Å². The predicted octanol–water partition coefficient (Wildman–Crippen LogP) is 6.68. The molecule has 67 heavy (non-hydrogen) atoms. The van der Waals surface area contributed by atoms with Gasteiger partial charge in [0.25, 0.3) is 11.7 Å². The molecule has 1 fully saturated rings. The van der Waals surface area contributed by atoms with Gasteiger partial charge in [-0.05, 0) is 39.3 Å². The Morgan fingerprint density at radius 3 is 2.25 bits per heavy atom. The van der Waals surface area contributed by atoms with Gasteiger partial charge in [0, 0.05) is 80.3 Å². The van der Waals surface area contributed by atoms with Gasteiger partial charge in [0.15, 0.2) is 5.75 Å². The molecule has 16 heteroatoms. The number of carbonyl (C=O) groups is 3. The molecular formula is C51H66N4O12. The molecule has 0 spiro atoms. The highest BCUT2D eigenvalue weighted by atomic mass is 16.7. The average molecular weight is 927 g/mol. The van der Waals surface area contributed by atoms with Crippen LogP contribution < -0.4 is 10.1 Å². The van der Waals surface area contributed by atoms with Gasteiger partial charge in [-0.1, -0.05) is 76.3 Å². The van der Waals surface area contributed by atoms with E-state index >= 15 is 0 Å². The van der Waals surface area contributed by atoms with Gasteiger partial charge in [0.2, 0.25) is 0 Å². The van der Waals surface area contributed by atoms with Crippen molar-refractivity contribution in [3.05, 3.63) is 88.7 Å². The van der Waals surface area contributed by atoms with Crippen LogP contribution in [0.1, 0.15) is 89.4 Å². The van der Waals surface area contributed by atoms with Crippen molar-refractivity contribution in [2.24, 2.45) is 28.8 Å². The number of ether oxygens (including phenoxy) is 4. The highest BCUT2D eigenvalue weighted by Gasteiger charge is 2.50. The summed E-state index contributed by atoms with van der Waals surface area (Å²) in [6, 6.07) is 10.1. The maximum atomic E-state index is 14.6. The lowest BCUT2D eigenvalue weighted by Gasteiger charge is -2.42. The fourth-order valence-electron chi connectivity index (χ4n) is 9.38. The molecule has 1 saturated heterocycles. The van der Waals surface area contributed by atoms with E-state index in [1.54, 1.807) is 39.8 Å². The number of aromatic hydroxyl groups is 3. The Hall–Kier alpha value is -5.94. The molecule has 0 saturated carbocycles. The molecule has 0 aromatic heterocycles. The Balaban J connectivity index is 1.48. The number of hydrazone groups is 1. The van der Waals surface area contributed by atoms with E-state index in [4.69, 9.17) is 24.0 Å². The first-order chi connectivity index (χ1) is 31.6. The first kappa shape index (κ1) is 50.5. The summed E-state index contributed by atoms with van der Waals surface area (Å²) in [5.74, 6) is -8.46. The van der Waals surface area contributed by atoms with E-state index in [0.29, 0.717) is 13.1 Å². The van der Waals surface area contributed by atoms with Crippen molar-refractivity contribution >= 4 is 40.3 Å². The van der Waals surface area contributed by atoms with E-state index < -0.39 is 88.8 Å². The third-order valence-electron chi connectivity index (χ3n) is 13.7. The number of fused-ring (bicyclic) bond motifs is 14. The third kappa shape index (κ3) is 10.2. The standard InChI is InChI=1S/C51H66N4O12/c1-26-16-15-17-27(2)50(63)53-41-36(22-52-55-24-28(3)54(23-29(55)4)25-35-18-13-12-14-19-35)45(60)38-39(46(41)61)44(59)33(8)48-40(38)49(62)51(10,67-48)65-21-20-37(64-11)30(5)47(66-34(9)56)32(7)43(58)31(6)42(26)57/h12-22,26,28-32,37,42-43,47,57-61H,23-25H2,1-11H3,(H,53,63)/b16-15+,21-20+,27-17-,52-22+/t26-,28?,29?,30+,31+,32+,37-,42-,43+,47+,51-/m0/s1. The summed E-state index contributed by atoms with van der Waals surface area (Å²) in [6.07, 6.45) is 4.88. The highest BCUT2D eigenvalue weighted by Crippen LogP contribution is 2.55. The number of nitrogens with one attached hydrogen (secondary N) is 1. The zero-order valence-electron chi connectivity index (χ0n) is 40.2. The second kappa shape index (κ2) is 20.5. The lowest BCUT2D eigenvalue weighted by atomic mass is 9.78. The second-order valence-corrected chi connectivity index (χ2v) is 18.6. The zero-order chi connectivity index (χ0) is 49.2. The number of rotatable bonds is 6. The Labute approximate surface area is 392 Å². The van der Waals surface area contributed by atoms with Gasteiger partial charge in [0.05, 0.1) is 65.6 Å². The number of anilines is 1. The monoisotopic (exact) mass is 926 g/mol. The number of ketones is 1. The number of allylic oxidation sites excluding steroid dienone is 2. The molecule has 2 unspecified atom stereocenters. The van der Waals surface area contributed by atoms with E-state index in [1.807, 2.05) is 30.1 Å². The van der Waals surface area contributed by atoms with E-state index in [1.165, 1.54) is 65.0 Å². The molecule has 362 valence electrons. The predicted molar refractivity (Wildman–Crippen MR) is 254 cm³/mol. The van der Waals surface area contributed by atoms with Crippen LogP contribution in [0.3, 0.4) is 0 Å². The largest absolute Gasteiger partial charge is 0.507 e. The molecule has 11 atom stereocenters. The number of nitrogens with zero attached hydrogens (tertiary/aromatic N) is 3. The number of esters is 1. The summed E-state index contributed by atoms with van der Waals surface area (Å²) < 4.78 is 23.8. The first-order valence-electron chi connectivity index (χ1n) is 22.8. The number of phenolic OH excluding ortho intramolecular Hbond substituents is 3. The van der Waals surface area contributed by atoms with E-state index in [9.17, 15) is 39.9 Å². The maximum Gasteiger partial charge on any atom is 0.312 e. The van der Waals surface area contributed by atoms with Crippen LogP contribution in [-0.2, 0) is 30.3 Å². The lowest BCUT2D eigenvalue weighted by Crippen LogP contribution is -2.54. The van der Waals surface area contributed by atoms with E-state index in [2.05, 4.69) is 29.3 Å². The Kier molecular flexibility index (Phi) is 15.5. The fraction of sp³-hybridized carbons (Fsp3) is 0.490. The van der Waals surface area contributed by atoms with Crippen LogP contribution in [0.25, 0.3) is 10.8 Å². The lowest BCUT2D eigenvalue weighted by molar-refractivity contribution is -0.160. The molecule has 4 aliphatic rings. The quantitative estimate of drug-likeness (QED) is 0.0658. The van der Waals surface area contributed by atoms with Gasteiger partial charge in [-0.2, -0.15) is 5.10 Å². The Morgan fingerprint density at radius 1 is 0.910 bits per heavy atom. The number of hydrogen-bond donors (Lipinski definition) is 6. The number of aliphatic hydroxyl groups excluding tert-OH is 2. The highest BCUT2D eigenvalue weighted by molar-refractivity contribution is 6.23. The number of aliphatic hydroxyl groups is 2. The van der Waals surface area contributed by atoms with Crippen molar-refractivity contribution in [3.8, 4) is 23.0 Å². The van der Waals surface area contributed by atoms with E-state index in [-0.39, 0.29) is 56.6 Å². The number of piperazine rings is 1. The number of carbonyl (C=O) groups excluding carboxylic acids is 3. The number of Topliss-reactive ketones (excluding diaryl/α,β-unsaturated/α-hetero) is 1. The van der Waals surface area contributed by atoms with Crippen molar-refractivity contribution < 1.29 is 58.9 Å². The second-order valence-electron chi connectivity index (χ2n) is 18.6. The van der Waals surface area contributed by atoms with Gasteiger partial charge in [-0.25, -0.2) is 0 Å². The summed E-state index contributed by atoms with van der Waals surface area (Å²) in [6.45, 7) is 18.6. The summed E-state index contributed by atoms with van der Waals surface area (Å²) in [5.41, 5.74) is 0.786. The van der Waals surface area contributed by atoms with Crippen LogP contribution in [-0.4, -0.2) is 122 Å². The van der Waals surface area contributed by atoms with Crippen LogP contribution in [0.2, 0.25) is 0 Å². The van der Waals surface area contributed by atoms with Gasteiger partial charge in [0.1, 0.15) is 23.4 Å². The van der Waals surface area contributed by atoms with Crippen molar-refractivity contribution in [1.29, 1.82) is 0 Å². The summed E-state index contributed by atoms with van der Waals surface area (Å²) in [5, 5.41) is 68.1. The summed E-state index contributed by atoms with van der Waals surface area (Å²) in [4.78, 5) is 43.4. The number of methoxy groups -OCH3 is 1. The van der Waals surface area contributed by atoms with Crippen molar-refractivity contribution in [3.63, 3.8) is 0 Å². The molecule has 4 aliphatic heterocycles.